The highest BCUT2D eigenvalue weighted by molar-refractivity contribution is 9.10. The van der Waals surface area contributed by atoms with Gasteiger partial charge >= 0.3 is 0 Å². The Hall–Kier alpha value is -1.28. The van der Waals surface area contributed by atoms with E-state index < -0.39 is 15.7 Å². The molecule has 0 aliphatic carbocycles. The van der Waals surface area contributed by atoms with Crippen LogP contribution in [0.5, 0.6) is 0 Å². The van der Waals surface area contributed by atoms with Gasteiger partial charge in [0.2, 0.25) is 0 Å². The monoisotopic (exact) mass is 333 g/mol. The SMILES string of the molecule is Cn1ncc(CS(=O)(=O)c2ccc(F)cc2Br)n1. The van der Waals surface area contributed by atoms with Crippen LogP contribution in [0, 0.1) is 5.82 Å². The van der Waals surface area contributed by atoms with Crippen LogP contribution < -0.4 is 0 Å². The molecular formula is C10H9BrFN3O2S. The molecule has 0 N–H and O–H groups in total. The van der Waals surface area contributed by atoms with Crippen LogP contribution in [0.1, 0.15) is 5.69 Å². The Bertz CT molecular complexity index is 684. The van der Waals surface area contributed by atoms with Crippen molar-refractivity contribution < 1.29 is 12.8 Å². The second kappa shape index (κ2) is 4.77. The van der Waals surface area contributed by atoms with Gasteiger partial charge in [0.15, 0.2) is 9.84 Å². The van der Waals surface area contributed by atoms with Crippen molar-refractivity contribution in [2.24, 2.45) is 7.05 Å². The Morgan fingerprint density at radius 2 is 2.17 bits per heavy atom. The molecule has 0 unspecified atom stereocenters. The number of benzene rings is 1. The number of nitrogens with zero attached hydrogens (tertiary/aromatic N) is 3. The first-order valence-electron chi connectivity index (χ1n) is 4.91. The summed E-state index contributed by atoms with van der Waals surface area (Å²) < 4.78 is 37.3. The number of sulfone groups is 1. The molecule has 18 heavy (non-hydrogen) atoms. The molecule has 0 saturated carbocycles. The summed E-state index contributed by atoms with van der Waals surface area (Å²) in [7, 11) is -1.98. The molecule has 0 spiro atoms. The average molecular weight is 334 g/mol. The Balaban J connectivity index is 2.36. The Morgan fingerprint density at radius 1 is 1.44 bits per heavy atom. The van der Waals surface area contributed by atoms with Gasteiger partial charge in [-0.15, -0.1) is 0 Å². The highest BCUT2D eigenvalue weighted by atomic mass is 79.9. The van der Waals surface area contributed by atoms with Gasteiger partial charge in [-0.05, 0) is 34.1 Å². The molecule has 0 amide bonds. The fourth-order valence-electron chi connectivity index (χ4n) is 1.45. The van der Waals surface area contributed by atoms with E-state index in [1.54, 1.807) is 7.05 Å². The van der Waals surface area contributed by atoms with Gasteiger partial charge < -0.3 is 0 Å². The summed E-state index contributed by atoms with van der Waals surface area (Å²) in [5.41, 5.74) is 0.341. The van der Waals surface area contributed by atoms with Gasteiger partial charge in [-0.2, -0.15) is 15.0 Å². The zero-order valence-electron chi connectivity index (χ0n) is 9.34. The maximum absolute atomic E-state index is 12.9. The van der Waals surface area contributed by atoms with E-state index >= 15 is 0 Å². The van der Waals surface area contributed by atoms with E-state index in [4.69, 9.17) is 0 Å². The Labute approximate surface area is 112 Å². The van der Waals surface area contributed by atoms with Gasteiger partial charge in [0.1, 0.15) is 11.6 Å². The zero-order valence-corrected chi connectivity index (χ0v) is 11.7. The number of halogens is 2. The van der Waals surface area contributed by atoms with Crippen LogP contribution in [0.15, 0.2) is 33.8 Å². The van der Waals surface area contributed by atoms with Crippen LogP contribution in [0.3, 0.4) is 0 Å². The molecule has 0 saturated heterocycles. The van der Waals surface area contributed by atoms with E-state index in [1.807, 2.05) is 0 Å². The van der Waals surface area contributed by atoms with Crippen LogP contribution in [0.4, 0.5) is 4.39 Å². The highest BCUT2D eigenvalue weighted by Crippen LogP contribution is 2.25. The third-order valence-corrected chi connectivity index (χ3v) is 4.83. The zero-order chi connectivity index (χ0) is 13.3. The number of hydrogen-bond acceptors (Lipinski definition) is 4. The summed E-state index contributed by atoms with van der Waals surface area (Å²) in [6.07, 6.45) is 1.38. The molecule has 0 aliphatic heterocycles. The molecule has 8 heteroatoms. The van der Waals surface area contributed by atoms with Gasteiger partial charge in [-0.1, -0.05) is 0 Å². The van der Waals surface area contributed by atoms with Crippen molar-refractivity contribution in [3.8, 4) is 0 Å². The number of rotatable bonds is 3. The predicted molar refractivity (Wildman–Crippen MR) is 66.0 cm³/mol. The standard InChI is InChI=1S/C10H9BrFN3O2S/c1-15-13-5-8(14-15)6-18(16,17)10-3-2-7(12)4-9(10)11/h2-5H,6H2,1H3. The smallest absolute Gasteiger partial charge is 0.185 e. The van der Waals surface area contributed by atoms with E-state index in [1.165, 1.54) is 17.1 Å². The lowest BCUT2D eigenvalue weighted by atomic mass is 10.3. The van der Waals surface area contributed by atoms with Gasteiger partial charge in [0.05, 0.1) is 16.8 Å². The van der Waals surface area contributed by atoms with Gasteiger partial charge in [-0.3, -0.25) is 0 Å². The van der Waals surface area contributed by atoms with Crippen LogP contribution in [0.2, 0.25) is 0 Å². The van der Waals surface area contributed by atoms with Crippen molar-refractivity contribution >= 4 is 25.8 Å². The van der Waals surface area contributed by atoms with E-state index in [9.17, 15) is 12.8 Å². The maximum Gasteiger partial charge on any atom is 0.185 e. The Morgan fingerprint density at radius 3 is 2.72 bits per heavy atom. The third-order valence-electron chi connectivity index (χ3n) is 2.21. The van der Waals surface area contributed by atoms with E-state index in [0.29, 0.717) is 5.69 Å². The molecule has 1 heterocycles. The molecule has 2 rings (SSSR count). The summed E-state index contributed by atoms with van der Waals surface area (Å²) in [4.78, 5) is 1.32. The van der Waals surface area contributed by atoms with Crippen LogP contribution in [-0.2, 0) is 22.6 Å². The van der Waals surface area contributed by atoms with Crippen molar-refractivity contribution in [3.05, 3.63) is 40.4 Å². The van der Waals surface area contributed by atoms with Crippen molar-refractivity contribution in [1.29, 1.82) is 0 Å². The molecule has 0 fully saturated rings. The molecule has 0 bridgehead atoms. The molecule has 1 aromatic carbocycles. The van der Waals surface area contributed by atoms with Crippen LogP contribution in [0.25, 0.3) is 0 Å². The summed E-state index contributed by atoms with van der Waals surface area (Å²) in [6.45, 7) is 0. The molecule has 0 radical (unpaired) electrons. The third kappa shape index (κ3) is 2.75. The quantitative estimate of drug-likeness (QED) is 0.802. The normalized spacial score (nSPS) is 11.7. The number of aromatic nitrogens is 3. The topological polar surface area (TPSA) is 64.8 Å². The first-order chi connectivity index (χ1) is 8.38. The van der Waals surface area contributed by atoms with Crippen molar-refractivity contribution in [2.45, 2.75) is 10.6 Å². The van der Waals surface area contributed by atoms with Crippen molar-refractivity contribution in [1.82, 2.24) is 15.0 Å². The lowest BCUT2D eigenvalue weighted by Crippen LogP contribution is -2.07. The molecule has 0 atom stereocenters. The summed E-state index contributed by atoms with van der Waals surface area (Å²) in [6, 6.07) is 3.45. The molecule has 96 valence electrons. The maximum atomic E-state index is 12.9. The molecule has 5 nitrogen and oxygen atoms in total. The van der Waals surface area contributed by atoms with Crippen LogP contribution >= 0.6 is 15.9 Å². The fraction of sp³-hybridized carbons (Fsp3) is 0.200. The van der Waals surface area contributed by atoms with Gasteiger partial charge in [-0.25, -0.2) is 12.8 Å². The van der Waals surface area contributed by atoms with Gasteiger partial charge in [0.25, 0.3) is 0 Å². The second-order valence-electron chi connectivity index (χ2n) is 3.66. The van der Waals surface area contributed by atoms with Gasteiger partial charge in [0, 0.05) is 11.5 Å². The minimum absolute atomic E-state index is 0.0366. The summed E-state index contributed by atoms with van der Waals surface area (Å²) in [5.74, 6) is -0.772. The minimum atomic E-state index is -3.58. The molecule has 2 aromatic rings. The lowest BCUT2D eigenvalue weighted by molar-refractivity contribution is 0.591. The average Bonchev–Trinajstić information content (AvgIpc) is 2.62. The summed E-state index contributed by atoms with van der Waals surface area (Å²) in [5, 5.41) is 7.71. The molecule has 1 aromatic heterocycles. The van der Waals surface area contributed by atoms with E-state index in [-0.39, 0.29) is 15.1 Å². The predicted octanol–water partition coefficient (Wildman–Crippen LogP) is 1.69. The lowest BCUT2D eigenvalue weighted by Gasteiger charge is -2.04. The van der Waals surface area contributed by atoms with Crippen molar-refractivity contribution in [3.63, 3.8) is 0 Å². The highest BCUT2D eigenvalue weighted by Gasteiger charge is 2.20. The first kappa shape index (κ1) is 13.2. The molecule has 0 aliphatic rings. The fourth-order valence-corrected chi connectivity index (χ4v) is 3.85. The van der Waals surface area contributed by atoms with E-state index in [2.05, 4.69) is 26.1 Å². The summed E-state index contributed by atoms with van der Waals surface area (Å²) >= 11 is 3.04. The molecular weight excluding hydrogens is 325 g/mol. The Kier molecular flexibility index (Phi) is 3.49. The minimum Gasteiger partial charge on any atom is -0.223 e. The first-order valence-corrected chi connectivity index (χ1v) is 7.36. The second-order valence-corrected chi connectivity index (χ2v) is 6.47. The number of hydrogen-bond donors (Lipinski definition) is 0. The number of aryl methyl sites for hydroxylation is 1. The largest absolute Gasteiger partial charge is 0.223 e. The van der Waals surface area contributed by atoms with Crippen molar-refractivity contribution in [2.75, 3.05) is 0 Å². The van der Waals surface area contributed by atoms with E-state index in [0.717, 1.165) is 12.1 Å². The van der Waals surface area contributed by atoms with Crippen LogP contribution in [-0.4, -0.2) is 23.4 Å².